The number of aliphatic hydroxyl groups excluding tert-OH is 1. The Balaban J connectivity index is 2.76. The van der Waals surface area contributed by atoms with E-state index in [-0.39, 0.29) is 13.2 Å². The lowest BCUT2D eigenvalue weighted by Crippen LogP contribution is -2.36. The Kier molecular flexibility index (Phi) is 6.61. The molecule has 1 aromatic carbocycles. The van der Waals surface area contributed by atoms with Crippen LogP contribution in [0.3, 0.4) is 0 Å². The van der Waals surface area contributed by atoms with E-state index >= 15 is 0 Å². The fraction of sp³-hybridized carbons (Fsp3) is 0.368. The van der Waals surface area contributed by atoms with Gasteiger partial charge in [0.25, 0.3) is 0 Å². The number of rotatable bonds is 5. The fourth-order valence-electron chi connectivity index (χ4n) is 3.28. The number of esters is 2. The van der Waals surface area contributed by atoms with Crippen molar-refractivity contribution in [3.8, 4) is 0 Å². The fourth-order valence-corrected chi connectivity index (χ4v) is 3.54. The summed E-state index contributed by atoms with van der Waals surface area (Å²) in [7, 11) is 2.61. The lowest BCUT2D eigenvalue weighted by atomic mass is 9.79. The molecule has 7 heteroatoms. The number of halogens is 1. The number of carbonyl (C=O) groups excluding carboxylic acids is 2. The van der Waals surface area contributed by atoms with Crippen LogP contribution in [0.2, 0.25) is 0 Å². The van der Waals surface area contributed by atoms with E-state index in [4.69, 9.17) is 9.47 Å². The minimum atomic E-state index is -0.613. The maximum Gasteiger partial charge on any atom is 0.336 e. The molecule has 1 N–H and O–H groups in total. The van der Waals surface area contributed by atoms with Gasteiger partial charge in [-0.1, -0.05) is 28.1 Å². The maximum absolute atomic E-state index is 12.6. The molecule has 0 aromatic heterocycles. The van der Waals surface area contributed by atoms with Crippen molar-refractivity contribution in [2.75, 3.05) is 27.4 Å². The molecule has 1 heterocycles. The number of nitrogens with zero attached hydrogens (tertiary/aromatic N) is 1. The van der Waals surface area contributed by atoms with E-state index in [1.165, 1.54) is 14.2 Å². The summed E-state index contributed by atoms with van der Waals surface area (Å²) in [6, 6.07) is 7.40. The lowest BCUT2D eigenvalue weighted by molar-refractivity contribution is -0.137. The van der Waals surface area contributed by atoms with Crippen LogP contribution in [0, 0.1) is 0 Å². The maximum atomic E-state index is 12.6. The Morgan fingerprint density at radius 1 is 1.04 bits per heavy atom. The Morgan fingerprint density at radius 2 is 1.50 bits per heavy atom. The summed E-state index contributed by atoms with van der Waals surface area (Å²) in [6.07, 6.45) is 0. The number of hydrogen-bond donors (Lipinski definition) is 1. The number of carbonyl (C=O) groups is 2. The predicted molar refractivity (Wildman–Crippen MR) is 100 cm³/mol. The van der Waals surface area contributed by atoms with Crippen molar-refractivity contribution in [2.24, 2.45) is 0 Å². The van der Waals surface area contributed by atoms with Crippen molar-refractivity contribution in [1.29, 1.82) is 0 Å². The minimum Gasteiger partial charge on any atom is -0.466 e. The highest BCUT2D eigenvalue weighted by Gasteiger charge is 2.40. The monoisotopic (exact) mass is 423 g/mol. The van der Waals surface area contributed by atoms with Gasteiger partial charge < -0.3 is 19.5 Å². The van der Waals surface area contributed by atoms with Crippen LogP contribution in [-0.4, -0.2) is 49.3 Å². The number of methoxy groups -OCH3 is 2. The summed E-state index contributed by atoms with van der Waals surface area (Å²) < 4.78 is 10.9. The zero-order chi connectivity index (χ0) is 19.4. The first-order valence-electron chi connectivity index (χ1n) is 8.09. The van der Waals surface area contributed by atoms with E-state index in [9.17, 15) is 14.7 Å². The van der Waals surface area contributed by atoms with Gasteiger partial charge in [0.2, 0.25) is 0 Å². The predicted octanol–water partition coefficient (Wildman–Crippen LogP) is 2.73. The standard InChI is InChI=1S/C19H22BrNO5/c1-11-15(18(23)25-3)17(13-5-7-14(20)8-6-13)16(19(24)26-4)12(2)21(11)9-10-22/h5-8,17,22H,9-10H2,1-4H3. The quantitative estimate of drug-likeness (QED) is 0.733. The van der Waals surface area contributed by atoms with Gasteiger partial charge in [-0.05, 0) is 31.5 Å². The summed E-state index contributed by atoms with van der Waals surface area (Å²) in [5.41, 5.74) is 2.77. The first kappa shape index (κ1) is 20.2. The molecule has 2 rings (SSSR count). The van der Waals surface area contributed by atoms with Gasteiger partial charge in [0, 0.05) is 22.4 Å². The van der Waals surface area contributed by atoms with Gasteiger partial charge >= 0.3 is 11.9 Å². The molecule has 140 valence electrons. The molecule has 1 aliphatic heterocycles. The van der Waals surface area contributed by atoms with Crippen LogP contribution in [-0.2, 0) is 19.1 Å². The first-order valence-corrected chi connectivity index (χ1v) is 8.88. The van der Waals surface area contributed by atoms with Crippen LogP contribution >= 0.6 is 15.9 Å². The highest BCUT2D eigenvalue weighted by Crippen LogP contribution is 2.42. The van der Waals surface area contributed by atoms with Crippen LogP contribution in [0.15, 0.2) is 51.3 Å². The van der Waals surface area contributed by atoms with Crippen LogP contribution in [0.4, 0.5) is 0 Å². The number of allylic oxidation sites excluding steroid dienone is 2. The molecule has 1 aromatic rings. The number of ether oxygens (including phenoxy) is 2. The Bertz CT molecular complexity index is 727. The molecule has 0 fully saturated rings. The third-order valence-corrected chi connectivity index (χ3v) is 5.03. The number of aliphatic hydroxyl groups is 1. The Labute approximate surface area is 161 Å². The number of benzene rings is 1. The molecule has 1 aliphatic rings. The summed E-state index contributed by atoms with van der Waals surface area (Å²) in [4.78, 5) is 26.9. The molecule has 0 bridgehead atoms. The largest absolute Gasteiger partial charge is 0.466 e. The molecule has 6 nitrogen and oxygen atoms in total. The average Bonchev–Trinajstić information content (AvgIpc) is 2.64. The smallest absolute Gasteiger partial charge is 0.336 e. The van der Waals surface area contributed by atoms with Crippen molar-refractivity contribution in [3.63, 3.8) is 0 Å². The molecule has 0 unspecified atom stereocenters. The average molecular weight is 424 g/mol. The third kappa shape index (κ3) is 3.68. The lowest BCUT2D eigenvalue weighted by Gasteiger charge is -2.37. The van der Waals surface area contributed by atoms with E-state index in [2.05, 4.69) is 15.9 Å². The zero-order valence-corrected chi connectivity index (χ0v) is 16.8. The SMILES string of the molecule is COC(=O)C1=C(C)N(CCO)C(C)=C(C(=O)OC)C1c1ccc(Br)cc1. The van der Waals surface area contributed by atoms with E-state index in [1.807, 2.05) is 24.3 Å². The molecule has 0 aliphatic carbocycles. The molecule has 0 spiro atoms. The van der Waals surface area contributed by atoms with Gasteiger partial charge in [-0.15, -0.1) is 0 Å². The summed E-state index contributed by atoms with van der Waals surface area (Å²) in [5, 5.41) is 9.41. The topological polar surface area (TPSA) is 76.1 Å². The van der Waals surface area contributed by atoms with Gasteiger partial charge in [-0.3, -0.25) is 0 Å². The van der Waals surface area contributed by atoms with E-state index in [0.29, 0.717) is 22.5 Å². The van der Waals surface area contributed by atoms with Crippen molar-refractivity contribution in [3.05, 3.63) is 56.8 Å². The van der Waals surface area contributed by atoms with Gasteiger partial charge in [0.1, 0.15) is 0 Å². The van der Waals surface area contributed by atoms with Gasteiger partial charge in [-0.25, -0.2) is 9.59 Å². The van der Waals surface area contributed by atoms with Crippen molar-refractivity contribution in [2.45, 2.75) is 19.8 Å². The molecular formula is C19H22BrNO5. The highest BCUT2D eigenvalue weighted by molar-refractivity contribution is 9.10. The summed E-state index contributed by atoms with van der Waals surface area (Å²) >= 11 is 3.40. The van der Waals surface area contributed by atoms with Crippen molar-refractivity contribution in [1.82, 2.24) is 4.90 Å². The second-order valence-electron chi connectivity index (χ2n) is 5.84. The highest BCUT2D eigenvalue weighted by atomic mass is 79.9. The molecule has 0 saturated carbocycles. The normalized spacial score (nSPS) is 15.4. The number of β-amino-alcohol motifs (C(OH)–C–C–N with tert-alkyl or cyclic N) is 1. The van der Waals surface area contributed by atoms with Crippen molar-refractivity contribution >= 4 is 27.9 Å². The van der Waals surface area contributed by atoms with Gasteiger partial charge in [0.15, 0.2) is 0 Å². The van der Waals surface area contributed by atoms with Crippen LogP contribution < -0.4 is 0 Å². The summed E-state index contributed by atoms with van der Waals surface area (Å²) in [5.74, 6) is -1.66. The minimum absolute atomic E-state index is 0.124. The summed E-state index contributed by atoms with van der Waals surface area (Å²) in [6.45, 7) is 3.70. The van der Waals surface area contributed by atoms with Gasteiger partial charge in [-0.2, -0.15) is 0 Å². The molecular weight excluding hydrogens is 402 g/mol. The second-order valence-corrected chi connectivity index (χ2v) is 6.76. The molecule has 0 saturated heterocycles. The van der Waals surface area contributed by atoms with Crippen LogP contribution in [0.1, 0.15) is 25.3 Å². The Hall–Kier alpha value is -2.12. The molecule has 0 radical (unpaired) electrons. The van der Waals surface area contributed by atoms with Crippen molar-refractivity contribution < 1.29 is 24.2 Å². The number of hydrogen-bond acceptors (Lipinski definition) is 6. The molecule has 26 heavy (non-hydrogen) atoms. The Morgan fingerprint density at radius 3 is 1.88 bits per heavy atom. The zero-order valence-electron chi connectivity index (χ0n) is 15.2. The van der Waals surface area contributed by atoms with Crippen LogP contribution in [0.25, 0.3) is 0 Å². The first-order chi connectivity index (χ1) is 12.4. The van der Waals surface area contributed by atoms with E-state index in [1.54, 1.807) is 18.7 Å². The molecule has 0 atom stereocenters. The molecule has 0 amide bonds. The van der Waals surface area contributed by atoms with E-state index in [0.717, 1.165) is 10.0 Å². The van der Waals surface area contributed by atoms with E-state index < -0.39 is 17.9 Å². The van der Waals surface area contributed by atoms with Gasteiger partial charge in [0.05, 0.1) is 37.9 Å². The third-order valence-electron chi connectivity index (χ3n) is 4.50. The van der Waals surface area contributed by atoms with Crippen LogP contribution in [0.5, 0.6) is 0 Å². The second kappa shape index (κ2) is 8.51.